The van der Waals surface area contributed by atoms with Crippen LogP contribution >= 0.6 is 0 Å². The van der Waals surface area contributed by atoms with E-state index in [4.69, 9.17) is 4.74 Å². The molecule has 0 saturated heterocycles. The number of nitrogens with zero attached hydrogens (tertiary/aromatic N) is 2. The molecule has 104 valence electrons. The second-order valence-corrected chi connectivity index (χ2v) is 4.58. The van der Waals surface area contributed by atoms with Crippen LogP contribution in [0.25, 0.3) is 0 Å². The molecule has 0 spiro atoms. The highest BCUT2D eigenvalue weighted by Gasteiger charge is 2.25. The predicted molar refractivity (Wildman–Crippen MR) is 70.0 cm³/mol. The van der Waals surface area contributed by atoms with E-state index in [1.165, 1.54) is 4.68 Å². The Bertz CT molecular complexity index is 494. The minimum absolute atomic E-state index is 0.0565. The molecule has 1 heterocycles. The van der Waals surface area contributed by atoms with Gasteiger partial charge in [0.05, 0.1) is 12.2 Å². The van der Waals surface area contributed by atoms with Gasteiger partial charge in [0.2, 0.25) is 5.91 Å². The first-order valence-electron chi connectivity index (χ1n) is 6.63. The van der Waals surface area contributed by atoms with Crippen molar-refractivity contribution in [3.8, 4) is 0 Å². The van der Waals surface area contributed by atoms with Crippen LogP contribution in [0.1, 0.15) is 31.4 Å². The zero-order valence-corrected chi connectivity index (χ0v) is 11.1. The van der Waals surface area contributed by atoms with Crippen molar-refractivity contribution in [1.29, 1.82) is 0 Å². The van der Waals surface area contributed by atoms with E-state index in [2.05, 4.69) is 10.4 Å². The van der Waals surface area contributed by atoms with Crippen LogP contribution in [0.4, 0.5) is 0 Å². The maximum atomic E-state index is 11.6. The summed E-state index contributed by atoms with van der Waals surface area (Å²) in [4.78, 5) is 22.9. The minimum Gasteiger partial charge on any atom is -0.372 e. The van der Waals surface area contributed by atoms with Gasteiger partial charge in [-0.25, -0.2) is 4.68 Å². The Kier molecular flexibility index (Phi) is 4.68. The van der Waals surface area contributed by atoms with Gasteiger partial charge in [-0.2, -0.15) is 5.10 Å². The van der Waals surface area contributed by atoms with E-state index in [1.807, 2.05) is 6.92 Å². The fourth-order valence-electron chi connectivity index (χ4n) is 1.77. The van der Waals surface area contributed by atoms with Gasteiger partial charge < -0.3 is 10.1 Å². The fraction of sp³-hybridized carbons (Fsp3) is 0.615. The average molecular weight is 265 g/mol. The number of hydrogen-bond donors (Lipinski definition) is 1. The van der Waals surface area contributed by atoms with E-state index in [0.29, 0.717) is 25.6 Å². The summed E-state index contributed by atoms with van der Waals surface area (Å²) in [5.74, 6) is 0.340. The number of ether oxygens (including phenoxy) is 1. The molecule has 19 heavy (non-hydrogen) atoms. The van der Waals surface area contributed by atoms with Gasteiger partial charge in [-0.05, 0) is 25.8 Å². The summed E-state index contributed by atoms with van der Waals surface area (Å²) >= 11 is 0. The van der Waals surface area contributed by atoms with Crippen molar-refractivity contribution in [1.82, 2.24) is 15.1 Å². The number of hydrogen-bond acceptors (Lipinski definition) is 4. The molecule has 1 aromatic heterocycles. The van der Waals surface area contributed by atoms with Crippen molar-refractivity contribution in [3.63, 3.8) is 0 Å². The molecule has 0 aromatic carbocycles. The third-order valence-electron chi connectivity index (χ3n) is 2.97. The largest absolute Gasteiger partial charge is 0.372 e. The maximum Gasteiger partial charge on any atom is 0.266 e. The van der Waals surface area contributed by atoms with E-state index >= 15 is 0 Å². The van der Waals surface area contributed by atoms with Crippen LogP contribution in [0.5, 0.6) is 0 Å². The molecule has 0 unspecified atom stereocenters. The second-order valence-electron chi connectivity index (χ2n) is 4.58. The van der Waals surface area contributed by atoms with Gasteiger partial charge in [-0.15, -0.1) is 0 Å². The van der Waals surface area contributed by atoms with Crippen molar-refractivity contribution >= 4 is 5.91 Å². The van der Waals surface area contributed by atoms with Crippen molar-refractivity contribution in [3.05, 3.63) is 28.2 Å². The highest BCUT2D eigenvalue weighted by molar-refractivity contribution is 5.77. The van der Waals surface area contributed by atoms with Gasteiger partial charge in [-0.1, -0.05) is 0 Å². The fourth-order valence-corrected chi connectivity index (χ4v) is 1.77. The SMILES string of the molecule is CCOCC(=O)NCCn1nc(C2CC2)ccc1=O. The molecular formula is C13H19N3O3. The Morgan fingerprint density at radius 2 is 2.32 bits per heavy atom. The molecule has 0 aliphatic heterocycles. The summed E-state index contributed by atoms with van der Waals surface area (Å²) in [6.45, 7) is 3.17. The van der Waals surface area contributed by atoms with Gasteiger partial charge in [0, 0.05) is 25.1 Å². The Morgan fingerprint density at radius 1 is 1.53 bits per heavy atom. The smallest absolute Gasteiger partial charge is 0.266 e. The summed E-state index contributed by atoms with van der Waals surface area (Å²) in [6.07, 6.45) is 2.30. The molecule has 1 fully saturated rings. The van der Waals surface area contributed by atoms with Gasteiger partial charge in [-0.3, -0.25) is 9.59 Å². The molecule has 1 amide bonds. The number of nitrogens with one attached hydrogen (secondary N) is 1. The highest BCUT2D eigenvalue weighted by Crippen LogP contribution is 2.38. The molecule has 1 N–H and O–H groups in total. The molecule has 2 rings (SSSR count). The lowest BCUT2D eigenvalue weighted by atomic mass is 10.3. The van der Waals surface area contributed by atoms with E-state index < -0.39 is 0 Å². The molecule has 0 bridgehead atoms. The third-order valence-corrected chi connectivity index (χ3v) is 2.97. The first-order valence-corrected chi connectivity index (χ1v) is 6.63. The van der Waals surface area contributed by atoms with Crippen LogP contribution in [0.3, 0.4) is 0 Å². The zero-order chi connectivity index (χ0) is 13.7. The molecule has 1 aliphatic carbocycles. The summed E-state index contributed by atoms with van der Waals surface area (Å²) < 4.78 is 6.40. The Hall–Kier alpha value is -1.69. The lowest BCUT2D eigenvalue weighted by Crippen LogP contribution is -2.34. The van der Waals surface area contributed by atoms with E-state index in [9.17, 15) is 9.59 Å². The average Bonchev–Trinajstić information content (AvgIpc) is 3.23. The van der Waals surface area contributed by atoms with Crippen LogP contribution < -0.4 is 10.9 Å². The molecule has 6 nitrogen and oxygen atoms in total. The van der Waals surface area contributed by atoms with Crippen LogP contribution in [-0.2, 0) is 16.1 Å². The summed E-state index contributed by atoms with van der Waals surface area (Å²) in [6, 6.07) is 3.34. The van der Waals surface area contributed by atoms with Gasteiger partial charge in [0.1, 0.15) is 6.61 Å². The molecule has 1 aliphatic rings. The maximum absolute atomic E-state index is 11.6. The lowest BCUT2D eigenvalue weighted by Gasteiger charge is -2.08. The minimum atomic E-state index is -0.173. The Balaban J connectivity index is 1.83. The zero-order valence-electron chi connectivity index (χ0n) is 11.1. The van der Waals surface area contributed by atoms with Crippen LogP contribution in [-0.4, -0.2) is 35.4 Å². The van der Waals surface area contributed by atoms with Gasteiger partial charge >= 0.3 is 0 Å². The molecule has 1 aromatic rings. The first-order chi connectivity index (χ1) is 9.20. The quantitative estimate of drug-likeness (QED) is 0.768. The number of carbonyl (C=O) groups excluding carboxylic acids is 1. The topological polar surface area (TPSA) is 73.2 Å². The molecule has 0 radical (unpaired) electrons. The first kappa shape index (κ1) is 13.7. The summed E-state index contributed by atoms with van der Waals surface area (Å²) in [7, 11) is 0. The summed E-state index contributed by atoms with van der Waals surface area (Å²) in [5.41, 5.74) is 0.837. The highest BCUT2D eigenvalue weighted by atomic mass is 16.5. The van der Waals surface area contributed by atoms with Crippen LogP contribution in [0.2, 0.25) is 0 Å². The summed E-state index contributed by atoms with van der Waals surface area (Å²) in [5, 5.41) is 7.01. The van der Waals surface area contributed by atoms with Crippen molar-refractivity contribution in [2.45, 2.75) is 32.2 Å². The normalized spacial score (nSPS) is 14.4. The van der Waals surface area contributed by atoms with E-state index in [0.717, 1.165) is 18.5 Å². The molecule has 6 heteroatoms. The van der Waals surface area contributed by atoms with E-state index in [1.54, 1.807) is 12.1 Å². The monoisotopic (exact) mass is 265 g/mol. The Labute approximate surface area is 111 Å². The molecular weight excluding hydrogens is 246 g/mol. The number of aromatic nitrogens is 2. The van der Waals surface area contributed by atoms with Crippen LogP contribution in [0.15, 0.2) is 16.9 Å². The van der Waals surface area contributed by atoms with Gasteiger partial charge in [0.15, 0.2) is 0 Å². The number of carbonyl (C=O) groups is 1. The number of rotatable bonds is 7. The number of amides is 1. The molecule has 0 atom stereocenters. The van der Waals surface area contributed by atoms with Crippen molar-refractivity contribution in [2.24, 2.45) is 0 Å². The van der Waals surface area contributed by atoms with Crippen molar-refractivity contribution in [2.75, 3.05) is 19.8 Å². The predicted octanol–water partition coefficient (Wildman–Crippen LogP) is 0.273. The lowest BCUT2D eigenvalue weighted by molar-refractivity contribution is -0.125. The van der Waals surface area contributed by atoms with E-state index in [-0.39, 0.29) is 18.1 Å². The van der Waals surface area contributed by atoms with Crippen molar-refractivity contribution < 1.29 is 9.53 Å². The standard InChI is InChI=1S/C13H19N3O3/c1-2-19-9-12(17)14-7-8-16-13(18)6-5-11(15-16)10-3-4-10/h5-6,10H,2-4,7-9H2,1H3,(H,14,17). The Morgan fingerprint density at radius 3 is 3.00 bits per heavy atom. The third kappa shape index (κ3) is 4.17. The second kappa shape index (κ2) is 6.47. The molecule has 1 saturated carbocycles. The van der Waals surface area contributed by atoms with Crippen LogP contribution in [0, 0.1) is 0 Å². The van der Waals surface area contributed by atoms with Gasteiger partial charge in [0.25, 0.3) is 5.56 Å².